The summed E-state index contributed by atoms with van der Waals surface area (Å²) in [6, 6.07) is -0.618. The molecular formula is C10H16N2O4. The maximum atomic E-state index is 11.1. The van der Waals surface area contributed by atoms with Crippen molar-refractivity contribution in [3.63, 3.8) is 0 Å². The second-order valence-electron chi connectivity index (χ2n) is 3.43. The molecule has 0 aliphatic heterocycles. The topological polar surface area (TPSA) is 95.5 Å². The number of hydrogen-bond donors (Lipinski definition) is 3. The minimum atomic E-state index is -1.07. The van der Waals surface area contributed by atoms with Gasteiger partial charge in [-0.05, 0) is 13.8 Å². The Hall–Kier alpha value is -1.85. The summed E-state index contributed by atoms with van der Waals surface area (Å²) in [6.07, 6.45) is 1.31. The minimum Gasteiger partial charge on any atom is -0.481 e. The normalized spacial score (nSPS) is 9.12. The van der Waals surface area contributed by atoms with Gasteiger partial charge in [-0.3, -0.25) is 14.9 Å². The number of amides is 3. The largest absolute Gasteiger partial charge is 0.481 e. The number of carboxylic acids is 1. The number of carboxylic acid groups (broad SMARTS) is 1. The molecule has 0 saturated heterocycles. The van der Waals surface area contributed by atoms with Crippen LogP contribution in [0.15, 0.2) is 11.6 Å². The first-order valence-electron chi connectivity index (χ1n) is 4.84. The number of urea groups is 1. The molecule has 0 bridgehead atoms. The van der Waals surface area contributed by atoms with E-state index in [2.05, 4.69) is 5.32 Å². The second-order valence-corrected chi connectivity index (χ2v) is 3.43. The van der Waals surface area contributed by atoms with Crippen LogP contribution in [-0.4, -0.2) is 29.6 Å². The molecule has 0 fully saturated rings. The molecule has 0 rings (SSSR count). The molecule has 0 spiro atoms. The first kappa shape index (κ1) is 14.2. The van der Waals surface area contributed by atoms with E-state index in [0.717, 1.165) is 5.57 Å². The molecule has 0 heterocycles. The molecule has 3 N–H and O–H groups in total. The van der Waals surface area contributed by atoms with Crippen LogP contribution in [0.5, 0.6) is 0 Å². The third kappa shape index (κ3) is 8.74. The van der Waals surface area contributed by atoms with Gasteiger partial charge >= 0.3 is 12.0 Å². The Morgan fingerprint density at radius 1 is 1.19 bits per heavy atom. The lowest BCUT2D eigenvalue weighted by molar-refractivity contribution is -0.138. The van der Waals surface area contributed by atoms with E-state index in [9.17, 15) is 14.4 Å². The van der Waals surface area contributed by atoms with E-state index in [4.69, 9.17) is 5.11 Å². The van der Waals surface area contributed by atoms with Crippen molar-refractivity contribution >= 4 is 17.9 Å². The smallest absolute Gasteiger partial charge is 0.321 e. The molecule has 6 nitrogen and oxygen atoms in total. The highest BCUT2D eigenvalue weighted by atomic mass is 16.4. The number of hydrogen-bond acceptors (Lipinski definition) is 3. The average molecular weight is 228 g/mol. The van der Waals surface area contributed by atoms with E-state index in [1.54, 1.807) is 6.08 Å². The number of imide groups is 1. The van der Waals surface area contributed by atoms with Crippen LogP contribution in [0.1, 0.15) is 26.7 Å². The highest BCUT2D eigenvalue weighted by Crippen LogP contribution is 1.88. The molecule has 0 aromatic rings. The molecular weight excluding hydrogens is 212 g/mol. The SMILES string of the molecule is CC(C)=CCNC(=O)NC(=O)CCC(=O)O. The Kier molecular flexibility index (Phi) is 6.58. The van der Waals surface area contributed by atoms with E-state index in [-0.39, 0.29) is 12.8 Å². The van der Waals surface area contributed by atoms with Crippen LogP contribution in [-0.2, 0) is 9.59 Å². The minimum absolute atomic E-state index is 0.203. The van der Waals surface area contributed by atoms with Crippen LogP contribution in [0, 0.1) is 0 Å². The fraction of sp³-hybridized carbons (Fsp3) is 0.500. The summed E-state index contributed by atoms with van der Waals surface area (Å²) in [7, 11) is 0. The molecule has 0 unspecified atom stereocenters. The van der Waals surface area contributed by atoms with Gasteiger partial charge in [0.15, 0.2) is 0 Å². The monoisotopic (exact) mass is 228 g/mol. The lowest BCUT2D eigenvalue weighted by Gasteiger charge is -2.03. The highest BCUT2D eigenvalue weighted by Gasteiger charge is 2.08. The average Bonchev–Trinajstić information content (AvgIpc) is 2.14. The highest BCUT2D eigenvalue weighted by molar-refractivity contribution is 5.95. The number of carbonyl (C=O) groups is 3. The summed E-state index contributed by atoms with van der Waals surface area (Å²) >= 11 is 0. The standard InChI is InChI=1S/C10H16N2O4/c1-7(2)5-6-11-10(16)12-8(13)3-4-9(14)15/h5H,3-4,6H2,1-2H3,(H,14,15)(H2,11,12,13,16). The summed E-state index contributed by atoms with van der Waals surface area (Å²) in [6.45, 7) is 4.11. The Balaban J connectivity index is 3.74. The fourth-order valence-corrected chi connectivity index (χ4v) is 0.802. The van der Waals surface area contributed by atoms with Crippen molar-refractivity contribution in [2.24, 2.45) is 0 Å². The van der Waals surface area contributed by atoms with Crippen molar-refractivity contribution in [1.82, 2.24) is 10.6 Å². The molecule has 0 radical (unpaired) electrons. The molecule has 0 aliphatic carbocycles. The van der Waals surface area contributed by atoms with E-state index >= 15 is 0 Å². The quantitative estimate of drug-likeness (QED) is 0.602. The molecule has 16 heavy (non-hydrogen) atoms. The zero-order chi connectivity index (χ0) is 12.6. The van der Waals surface area contributed by atoms with E-state index in [1.165, 1.54) is 0 Å². The van der Waals surface area contributed by atoms with Gasteiger partial charge in [0.25, 0.3) is 0 Å². The maximum Gasteiger partial charge on any atom is 0.321 e. The maximum absolute atomic E-state index is 11.1. The van der Waals surface area contributed by atoms with Crippen LogP contribution < -0.4 is 10.6 Å². The molecule has 0 atom stereocenters. The predicted octanol–water partition coefficient (Wildman–Crippen LogP) is 0.643. The van der Waals surface area contributed by atoms with Crippen molar-refractivity contribution in [1.29, 1.82) is 0 Å². The van der Waals surface area contributed by atoms with Crippen molar-refractivity contribution < 1.29 is 19.5 Å². The molecule has 0 aromatic carbocycles. The van der Waals surface area contributed by atoms with Gasteiger partial charge in [-0.15, -0.1) is 0 Å². The number of allylic oxidation sites excluding steroid dienone is 1. The molecule has 3 amide bonds. The van der Waals surface area contributed by atoms with Gasteiger partial charge in [0, 0.05) is 13.0 Å². The molecule has 0 aliphatic rings. The Labute approximate surface area is 93.7 Å². The zero-order valence-electron chi connectivity index (χ0n) is 9.37. The Morgan fingerprint density at radius 3 is 2.31 bits per heavy atom. The van der Waals surface area contributed by atoms with Gasteiger partial charge in [-0.2, -0.15) is 0 Å². The van der Waals surface area contributed by atoms with Crippen molar-refractivity contribution in [2.45, 2.75) is 26.7 Å². The van der Waals surface area contributed by atoms with Crippen LogP contribution in [0.25, 0.3) is 0 Å². The van der Waals surface area contributed by atoms with E-state index < -0.39 is 17.9 Å². The molecule has 90 valence electrons. The lowest BCUT2D eigenvalue weighted by Crippen LogP contribution is -2.39. The number of rotatable bonds is 5. The third-order valence-corrected chi connectivity index (χ3v) is 1.59. The van der Waals surface area contributed by atoms with E-state index in [1.807, 2.05) is 19.2 Å². The van der Waals surface area contributed by atoms with Crippen LogP contribution in [0.4, 0.5) is 4.79 Å². The van der Waals surface area contributed by atoms with E-state index in [0.29, 0.717) is 6.54 Å². The fourth-order valence-electron chi connectivity index (χ4n) is 0.802. The predicted molar refractivity (Wildman–Crippen MR) is 57.8 cm³/mol. The summed E-state index contributed by atoms with van der Waals surface area (Å²) in [5, 5.41) is 12.8. The zero-order valence-corrected chi connectivity index (χ0v) is 9.37. The van der Waals surface area contributed by atoms with Crippen LogP contribution in [0.3, 0.4) is 0 Å². The summed E-state index contributed by atoms with van der Waals surface area (Å²) < 4.78 is 0. The van der Waals surface area contributed by atoms with Gasteiger partial charge in [-0.25, -0.2) is 4.79 Å². The van der Waals surface area contributed by atoms with Gasteiger partial charge < -0.3 is 10.4 Å². The summed E-state index contributed by atoms with van der Waals surface area (Å²) in [5.41, 5.74) is 1.05. The van der Waals surface area contributed by atoms with Crippen LogP contribution >= 0.6 is 0 Å². The Bertz CT molecular complexity index is 306. The van der Waals surface area contributed by atoms with Gasteiger partial charge in [0.2, 0.25) is 5.91 Å². The van der Waals surface area contributed by atoms with Gasteiger partial charge in [-0.1, -0.05) is 11.6 Å². The summed E-state index contributed by atoms with van der Waals surface area (Å²) in [5.74, 6) is -1.67. The first-order chi connectivity index (χ1) is 7.41. The third-order valence-electron chi connectivity index (χ3n) is 1.59. The Morgan fingerprint density at radius 2 is 1.81 bits per heavy atom. The van der Waals surface area contributed by atoms with Gasteiger partial charge in [0.1, 0.15) is 0 Å². The van der Waals surface area contributed by atoms with Crippen LogP contribution in [0.2, 0.25) is 0 Å². The van der Waals surface area contributed by atoms with Crippen molar-refractivity contribution in [3.8, 4) is 0 Å². The molecule has 6 heteroatoms. The lowest BCUT2D eigenvalue weighted by atomic mass is 10.3. The number of aliphatic carboxylic acids is 1. The second kappa shape index (κ2) is 7.44. The first-order valence-corrected chi connectivity index (χ1v) is 4.84. The van der Waals surface area contributed by atoms with Gasteiger partial charge in [0.05, 0.1) is 6.42 Å². The number of carbonyl (C=O) groups excluding carboxylic acids is 2. The van der Waals surface area contributed by atoms with Crippen molar-refractivity contribution in [2.75, 3.05) is 6.54 Å². The number of nitrogens with one attached hydrogen (secondary N) is 2. The molecule has 0 aromatic heterocycles. The summed E-state index contributed by atoms with van der Waals surface area (Å²) in [4.78, 5) is 32.2. The molecule has 0 saturated carbocycles. The van der Waals surface area contributed by atoms with Crippen molar-refractivity contribution in [3.05, 3.63) is 11.6 Å².